The molecule has 0 aromatic rings. The third-order valence-electron chi connectivity index (χ3n) is 1.39. The molecule has 1 heterocycles. The minimum atomic E-state index is -0.469. The normalized spacial score (nSPS) is 31.3. The molecular weight excluding hydrogens is 150 g/mol. The Balaban J connectivity index is 2.60. The summed E-state index contributed by atoms with van der Waals surface area (Å²) in [6, 6.07) is -0.469. The maximum absolute atomic E-state index is 10.2. The van der Waals surface area contributed by atoms with Crippen LogP contribution in [0.3, 0.4) is 0 Å². The lowest BCUT2D eigenvalue weighted by molar-refractivity contribution is -0.507. The van der Waals surface area contributed by atoms with Crippen molar-refractivity contribution in [3.63, 3.8) is 0 Å². The van der Waals surface area contributed by atoms with Crippen LogP contribution < -0.4 is 0 Å². The Bertz CT molecular complexity index is 210. The van der Waals surface area contributed by atoms with Gasteiger partial charge in [0, 0.05) is 11.3 Å². The zero-order valence-electron chi connectivity index (χ0n) is 5.69. The van der Waals surface area contributed by atoms with Crippen LogP contribution in [0.5, 0.6) is 0 Å². The van der Waals surface area contributed by atoms with Gasteiger partial charge in [0.15, 0.2) is 0 Å². The van der Waals surface area contributed by atoms with Crippen LogP contribution in [0.1, 0.15) is 6.42 Å². The van der Waals surface area contributed by atoms with Crippen molar-refractivity contribution >= 4 is 15.9 Å². The molecule has 0 N–H and O–H groups in total. The molecule has 2 unspecified atom stereocenters. The Morgan fingerprint density at radius 3 is 2.90 bits per heavy atom. The molecule has 2 atom stereocenters. The second-order valence-electron chi connectivity index (χ2n) is 2.19. The molecule has 1 aliphatic rings. The fourth-order valence-electron chi connectivity index (χ4n) is 0.755. The highest BCUT2D eigenvalue weighted by Crippen LogP contribution is 2.16. The van der Waals surface area contributed by atoms with Gasteiger partial charge < -0.3 is 0 Å². The Morgan fingerprint density at radius 2 is 2.50 bits per heavy atom. The van der Waals surface area contributed by atoms with E-state index < -0.39 is 6.04 Å². The molecule has 0 bridgehead atoms. The van der Waals surface area contributed by atoms with Crippen LogP contribution in [0.15, 0.2) is 11.5 Å². The highest BCUT2D eigenvalue weighted by molar-refractivity contribution is 8.17. The van der Waals surface area contributed by atoms with Gasteiger partial charge in [-0.05, 0) is 17.7 Å². The first-order chi connectivity index (χ1) is 4.70. The molecule has 0 aliphatic carbocycles. The summed E-state index contributed by atoms with van der Waals surface area (Å²) >= 11 is 0. The van der Waals surface area contributed by atoms with Crippen molar-refractivity contribution < 1.29 is 4.92 Å². The fourth-order valence-corrected chi connectivity index (χ4v) is 1.80. The van der Waals surface area contributed by atoms with Crippen molar-refractivity contribution in [3.05, 3.63) is 21.6 Å². The lowest BCUT2D eigenvalue weighted by atomic mass is 10.2. The molecule has 0 saturated heterocycles. The summed E-state index contributed by atoms with van der Waals surface area (Å²) < 4.78 is 0. The van der Waals surface area contributed by atoms with Crippen molar-refractivity contribution in [1.82, 2.24) is 0 Å². The van der Waals surface area contributed by atoms with E-state index in [4.69, 9.17) is 0 Å². The van der Waals surface area contributed by atoms with Crippen molar-refractivity contribution in [3.8, 4) is 0 Å². The number of hydrogen-bond acceptors (Lipinski definition) is 2. The summed E-state index contributed by atoms with van der Waals surface area (Å²) in [5.41, 5.74) is 0. The Hall–Kier alpha value is -0.640. The van der Waals surface area contributed by atoms with Crippen LogP contribution in [0.2, 0.25) is 0 Å². The molecule has 4 heteroatoms. The third kappa shape index (κ3) is 1.67. The Labute approximate surface area is 61.8 Å². The second kappa shape index (κ2) is 2.96. The predicted octanol–water partition coefficient (Wildman–Crippen LogP) is 1.25. The molecule has 10 heavy (non-hydrogen) atoms. The average molecular weight is 159 g/mol. The van der Waals surface area contributed by atoms with E-state index in [0.717, 1.165) is 0 Å². The highest BCUT2D eigenvalue weighted by atomic mass is 32.2. The maximum atomic E-state index is 10.2. The lowest BCUT2D eigenvalue weighted by Gasteiger charge is -2.06. The summed E-state index contributed by atoms with van der Waals surface area (Å²) in [6.07, 6.45) is 4.32. The van der Waals surface area contributed by atoms with Gasteiger partial charge >= 0.3 is 0 Å². The van der Waals surface area contributed by atoms with E-state index in [2.05, 4.69) is 0 Å². The first-order valence-corrected chi connectivity index (χ1v) is 4.75. The number of rotatable bonds is 1. The van der Waals surface area contributed by atoms with Crippen molar-refractivity contribution in [2.45, 2.75) is 12.5 Å². The average Bonchev–Trinajstić information content (AvgIpc) is 1.88. The molecule has 0 radical (unpaired) electrons. The third-order valence-corrected chi connectivity index (χ3v) is 2.69. The van der Waals surface area contributed by atoms with Crippen molar-refractivity contribution in [1.29, 1.82) is 0 Å². The minimum absolute atomic E-state index is 0.163. The predicted molar refractivity (Wildman–Crippen MR) is 44.1 cm³/mol. The van der Waals surface area contributed by atoms with Gasteiger partial charge in [-0.15, -0.1) is 0 Å². The van der Waals surface area contributed by atoms with E-state index in [1.807, 2.05) is 17.0 Å². The van der Waals surface area contributed by atoms with Gasteiger partial charge in [-0.25, -0.2) is 0 Å². The smallest absolute Gasteiger partial charge is 0.235 e. The largest absolute Gasteiger partial charge is 0.264 e. The summed E-state index contributed by atoms with van der Waals surface area (Å²) in [5, 5.41) is 14.1. The van der Waals surface area contributed by atoms with Crippen LogP contribution in [0.4, 0.5) is 0 Å². The Kier molecular flexibility index (Phi) is 2.21. The van der Waals surface area contributed by atoms with E-state index in [9.17, 15) is 10.1 Å². The van der Waals surface area contributed by atoms with Crippen LogP contribution in [-0.4, -0.2) is 22.6 Å². The first kappa shape index (κ1) is 7.47. The zero-order valence-corrected chi connectivity index (χ0v) is 6.50. The second-order valence-corrected chi connectivity index (χ2v) is 4.01. The summed E-state index contributed by atoms with van der Waals surface area (Å²) in [4.78, 5) is 9.95. The van der Waals surface area contributed by atoms with Crippen molar-refractivity contribution in [2.24, 2.45) is 0 Å². The fraction of sp³-hybridized carbons (Fsp3) is 0.500. The van der Waals surface area contributed by atoms with Crippen LogP contribution in [0.25, 0.3) is 0 Å². The maximum Gasteiger partial charge on any atom is 0.235 e. The molecule has 0 aromatic carbocycles. The number of hydrogen-bond donors (Lipinski definition) is 0. The molecule has 0 aromatic heterocycles. The molecule has 1 rings (SSSR count). The molecule has 0 amide bonds. The van der Waals surface area contributed by atoms with Gasteiger partial charge in [-0.3, -0.25) is 10.1 Å². The summed E-state index contributed by atoms with van der Waals surface area (Å²) in [7, 11) is 0.163. The molecule has 0 fully saturated rings. The van der Waals surface area contributed by atoms with Gasteiger partial charge in [-0.2, -0.15) is 10.5 Å². The van der Waals surface area contributed by atoms with Gasteiger partial charge in [0.05, 0.1) is 0 Å². The molecule has 1 aliphatic heterocycles. The van der Waals surface area contributed by atoms with E-state index in [0.29, 0.717) is 6.42 Å². The van der Waals surface area contributed by atoms with Gasteiger partial charge in [0.1, 0.15) is 0 Å². The Morgan fingerprint density at radius 1 is 1.80 bits per heavy atom. The van der Waals surface area contributed by atoms with Crippen LogP contribution in [-0.2, 0) is 0 Å². The number of nitrogens with zero attached hydrogens (tertiary/aromatic N) is 1. The summed E-state index contributed by atoms with van der Waals surface area (Å²) in [5.74, 6) is 0. The number of nitro groups is 1. The van der Waals surface area contributed by atoms with E-state index in [-0.39, 0.29) is 15.4 Å². The van der Waals surface area contributed by atoms with Gasteiger partial charge in [0.2, 0.25) is 6.04 Å². The van der Waals surface area contributed by atoms with E-state index in [1.165, 1.54) is 0 Å². The van der Waals surface area contributed by atoms with Crippen molar-refractivity contribution in [2.75, 3.05) is 6.26 Å². The molecule has 3 nitrogen and oxygen atoms in total. The molecule has 0 spiro atoms. The molecule has 0 saturated carbocycles. The molecule has 56 valence electrons. The first-order valence-electron chi connectivity index (χ1n) is 2.99. The minimum Gasteiger partial charge on any atom is -0.264 e. The highest BCUT2D eigenvalue weighted by Gasteiger charge is 2.15. The monoisotopic (exact) mass is 159 g/mol. The SMILES string of the molecule is CS1=CCC([N+](=O)[O-])C=C1. The van der Waals surface area contributed by atoms with E-state index >= 15 is 0 Å². The van der Waals surface area contributed by atoms with Gasteiger partial charge in [-0.1, -0.05) is 5.37 Å². The van der Waals surface area contributed by atoms with Crippen LogP contribution >= 0.6 is 10.5 Å². The summed E-state index contributed by atoms with van der Waals surface area (Å²) in [6.45, 7) is 0. The van der Waals surface area contributed by atoms with E-state index in [1.54, 1.807) is 6.08 Å². The molecular formula is C6H9NO2S. The standard InChI is InChI=1S/C6H9NO2S/c1-10-4-2-6(3-5-10)7(8)9/h2,4-6H,3H2,1H3. The van der Waals surface area contributed by atoms with Crippen LogP contribution in [0, 0.1) is 10.1 Å². The van der Waals surface area contributed by atoms with Gasteiger partial charge in [0.25, 0.3) is 0 Å². The topological polar surface area (TPSA) is 43.1 Å². The quantitative estimate of drug-likeness (QED) is 0.328. The zero-order chi connectivity index (χ0) is 7.56. The lowest BCUT2D eigenvalue weighted by Crippen LogP contribution is -2.18.